The first-order valence-corrected chi connectivity index (χ1v) is 10.2. The fraction of sp³-hybridized carbons (Fsp3) is 0.619. The zero-order valence-corrected chi connectivity index (χ0v) is 17.7. The van der Waals surface area contributed by atoms with Gasteiger partial charge in [-0.1, -0.05) is 27.2 Å². The second-order valence-corrected chi connectivity index (χ2v) is 7.69. The minimum absolute atomic E-state index is 0.0902. The number of rotatable bonds is 14. The molecular formula is C21H31N3O6. The van der Waals surface area contributed by atoms with Crippen LogP contribution in [0.15, 0.2) is 12.2 Å². The quantitative estimate of drug-likeness (QED) is 0.238. The predicted octanol–water partition coefficient (Wildman–Crippen LogP) is 0.523. The SMILES string of the molecule is [2H]C(=O)CNC(=O)[C@H](C)CC(=O)[C@@H](NC(=O)CCCCCN1C(=O)C=CC1=O)C(C)C. The number of hydrogen-bond acceptors (Lipinski definition) is 6. The molecule has 0 spiro atoms. The summed E-state index contributed by atoms with van der Waals surface area (Å²) in [6.45, 7) is 5.05. The minimum Gasteiger partial charge on any atom is -0.349 e. The summed E-state index contributed by atoms with van der Waals surface area (Å²) in [5.74, 6) is -2.55. The summed E-state index contributed by atoms with van der Waals surface area (Å²) in [7, 11) is 0. The Labute approximate surface area is 178 Å². The van der Waals surface area contributed by atoms with Crippen molar-refractivity contribution in [2.24, 2.45) is 11.8 Å². The Morgan fingerprint density at radius 1 is 1.10 bits per heavy atom. The lowest BCUT2D eigenvalue weighted by Gasteiger charge is -2.22. The highest BCUT2D eigenvalue weighted by Gasteiger charge is 2.27. The number of carbonyl (C=O) groups excluding carboxylic acids is 6. The number of imide groups is 1. The lowest BCUT2D eigenvalue weighted by Crippen LogP contribution is -2.45. The van der Waals surface area contributed by atoms with Crippen LogP contribution in [0.1, 0.15) is 54.2 Å². The van der Waals surface area contributed by atoms with E-state index in [1.807, 2.05) is 0 Å². The molecule has 1 aliphatic rings. The molecule has 0 radical (unpaired) electrons. The monoisotopic (exact) mass is 422 g/mol. The van der Waals surface area contributed by atoms with Crippen LogP contribution in [0, 0.1) is 11.8 Å². The second-order valence-electron chi connectivity index (χ2n) is 7.69. The number of nitrogens with one attached hydrogen (secondary N) is 2. The minimum atomic E-state index is -0.922. The number of aldehydes is 1. The van der Waals surface area contributed by atoms with E-state index in [1.54, 1.807) is 20.8 Å². The fourth-order valence-electron chi connectivity index (χ4n) is 3.07. The van der Waals surface area contributed by atoms with Gasteiger partial charge in [-0.3, -0.25) is 28.9 Å². The van der Waals surface area contributed by atoms with Crippen molar-refractivity contribution < 1.29 is 30.1 Å². The van der Waals surface area contributed by atoms with Crippen molar-refractivity contribution in [2.75, 3.05) is 13.1 Å². The first-order valence-electron chi connectivity index (χ1n) is 10.7. The normalized spacial score (nSPS) is 15.7. The molecule has 0 aromatic carbocycles. The maximum absolute atomic E-state index is 12.6. The molecule has 0 saturated heterocycles. The molecule has 0 bridgehead atoms. The second kappa shape index (κ2) is 12.7. The van der Waals surface area contributed by atoms with Gasteiger partial charge in [0.05, 0.1) is 12.6 Å². The van der Waals surface area contributed by atoms with Gasteiger partial charge in [-0.05, 0) is 18.8 Å². The molecule has 1 aliphatic heterocycles. The Morgan fingerprint density at radius 2 is 1.73 bits per heavy atom. The van der Waals surface area contributed by atoms with Crippen molar-refractivity contribution in [1.29, 1.82) is 0 Å². The van der Waals surface area contributed by atoms with Crippen LogP contribution in [-0.2, 0) is 28.8 Å². The molecule has 0 unspecified atom stereocenters. The number of ketones is 1. The van der Waals surface area contributed by atoms with Gasteiger partial charge in [0.1, 0.15) is 7.63 Å². The summed E-state index contributed by atoms with van der Waals surface area (Å²) < 4.78 is 6.79. The van der Waals surface area contributed by atoms with Gasteiger partial charge in [0.25, 0.3) is 11.8 Å². The molecule has 30 heavy (non-hydrogen) atoms. The van der Waals surface area contributed by atoms with Crippen LogP contribution >= 0.6 is 0 Å². The molecule has 9 nitrogen and oxygen atoms in total. The number of Topliss-reactive ketones (excluding diaryl/α,β-unsaturated/α-hetero) is 1. The van der Waals surface area contributed by atoms with Crippen molar-refractivity contribution in [3.8, 4) is 0 Å². The smallest absolute Gasteiger partial charge is 0.253 e. The maximum Gasteiger partial charge on any atom is 0.253 e. The van der Waals surface area contributed by atoms with Gasteiger partial charge in [0.15, 0.2) is 5.78 Å². The lowest BCUT2D eigenvalue weighted by atomic mass is 9.92. The highest BCUT2D eigenvalue weighted by molar-refractivity contribution is 6.12. The molecule has 0 saturated carbocycles. The van der Waals surface area contributed by atoms with Crippen molar-refractivity contribution in [1.82, 2.24) is 15.5 Å². The number of unbranched alkanes of at least 4 members (excludes halogenated alkanes) is 2. The number of nitrogens with zero attached hydrogens (tertiary/aromatic N) is 1. The summed E-state index contributed by atoms with van der Waals surface area (Å²) in [4.78, 5) is 71.5. The third kappa shape index (κ3) is 8.26. The van der Waals surface area contributed by atoms with Gasteiger partial charge >= 0.3 is 0 Å². The van der Waals surface area contributed by atoms with Gasteiger partial charge in [0.2, 0.25) is 11.8 Å². The number of carbonyl (C=O) groups is 6. The van der Waals surface area contributed by atoms with Crippen LogP contribution in [0.25, 0.3) is 0 Å². The Balaban J connectivity index is 2.38. The van der Waals surface area contributed by atoms with Gasteiger partial charge in [-0.25, -0.2) is 0 Å². The number of hydrogen-bond donors (Lipinski definition) is 2. The van der Waals surface area contributed by atoms with Crippen LogP contribution in [0.5, 0.6) is 0 Å². The highest BCUT2D eigenvalue weighted by atomic mass is 16.2. The summed E-state index contributed by atoms with van der Waals surface area (Å²) in [5.41, 5.74) is 0. The molecule has 4 amide bonds. The molecule has 2 atom stereocenters. The molecule has 0 aliphatic carbocycles. The van der Waals surface area contributed by atoms with E-state index in [0.717, 1.165) is 4.90 Å². The third-order valence-electron chi connectivity index (χ3n) is 4.81. The molecule has 1 heterocycles. The molecule has 0 fully saturated rings. The van der Waals surface area contributed by atoms with Gasteiger partial charge in [-0.2, -0.15) is 0 Å². The van der Waals surface area contributed by atoms with E-state index >= 15 is 0 Å². The van der Waals surface area contributed by atoms with E-state index in [0.29, 0.717) is 25.8 Å². The van der Waals surface area contributed by atoms with Gasteiger partial charge in [-0.15, -0.1) is 0 Å². The fourth-order valence-corrected chi connectivity index (χ4v) is 3.07. The summed E-state index contributed by atoms with van der Waals surface area (Å²) >= 11 is 0. The first-order chi connectivity index (χ1) is 14.5. The topological polar surface area (TPSA) is 130 Å². The average molecular weight is 423 g/mol. The van der Waals surface area contributed by atoms with Gasteiger partial charge in [0, 0.05) is 37.5 Å². The Morgan fingerprint density at radius 3 is 2.30 bits per heavy atom. The molecule has 1 rings (SSSR count). The molecule has 2 N–H and O–H groups in total. The van der Waals surface area contributed by atoms with Crippen LogP contribution in [0.4, 0.5) is 0 Å². The predicted molar refractivity (Wildman–Crippen MR) is 109 cm³/mol. The third-order valence-corrected chi connectivity index (χ3v) is 4.81. The number of amides is 4. The van der Waals surface area contributed by atoms with Crippen molar-refractivity contribution in [3.63, 3.8) is 0 Å². The van der Waals surface area contributed by atoms with Crippen LogP contribution < -0.4 is 10.6 Å². The molecule has 0 aromatic rings. The average Bonchev–Trinajstić information content (AvgIpc) is 3.01. The van der Waals surface area contributed by atoms with E-state index in [4.69, 9.17) is 1.37 Å². The van der Waals surface area contributed by atoms with Crippen LogP contribution in [-0.4, -0.2) is 59.7 Å². The molecule has 0 aromatic heterocycles. The summed E-state index contributed by atoms with van der Waals surface area (Å²) in [6.07, 6.45) is 3.45. The Kier molecular flexibility index (Phi) is 9.90. The van der Waals surface area contributed by atoms with E-state index in [-0.39, 0.29) is 42.3 Å². The van der Waals surface area contributed by atoms with Crippen LogP contribution in [0.3, 0.4) is 0 Å². The van der Waals surface area contributed by atoms with E-state index in [9.17, 15) is 28.8 Å². The Hall–Kier alpha value is -2.84. The van der Waals surface area contributed by atoms with E-state index in [1.165, 1.54) is 12.2 Å². The molecule has 9 heteroatoms. The zero-order chi connectivity index (χ0) is 23.6. The van der Waals surface area contributed by atoms with Crippen LogP contribution in [0.2, 0.25) is 0 Å². The van der Waals surface area contributed by atoms with Crippen molar-refractivity contribution in [3.05, 3.63) is 12.2 Å². The summed E-state index contributed by atoms with van der Waals surface area (Å²) in [6, 6.07) is -0.730. The van der Waals surface area contributed by atoms with E-state index < -0.39 is 30.7 Å². The van der Waals surface area contributed by atoms with E-state index in [2.05, 4.69) is 10.6 Å². The standard InChI is InChI=1S/C21H31N3O6/c1-14(2)20(16(26)13-15(3)21(30)22-10-12-25)23-17(27)7-5-4-6-11-24-18(28)8-9-19(24)29/h8-9,12,14-15,20H,4-7,10-11,13H2,1-3H3,(H,22,30)(H,23,27)/t15-,20+/m1/s1/i12D. The highest BCUT2D eigenvalue weighted by Crippen LogP contribution is 2.12. The lowest BCUT2D eigenvalue weighted by molar-refractivity contribution is -0.137. The Bertz CT molecular complexity index is 731. The molecular weight excluding hydrogens is 390 g/mol. The van der Waals surface area contributed by atoms with Crippen molar-refractivity contribution in [2.45, 2.75) is 58.9 Å². The summed E-state index contributed by atoms with van der Waals surface area (Å²) in [5, 5.41) is 5.02. The zero-order valence-electron chi connectivity index (χ0n) is 18.7. The maximum atomic E-state index is 12.6. The molecule has 166 valence electrons. The largest absolute Gasteiger partial charge is 0.349 e. The van der Waals surface area contributed by atoms with Gasteiger partial charge < -0.3 is 15.4 Å². The van der Waals surface area contributed by atoms with Crippen molar-refractivity contribution >= 4 is 35.7 Å². The first kappa shape index (κ1) is 23.4.